The minimum absolute atomic E-state index is 0.0517. The maximum atomic E-state index is 13.7. The Morgan fingerprint density at radius 3 is 2.67 bits per heavy atom. The van der Waals surface area contributed by atoms with E-state index in [9.17, 15) is 9.18 Å². The lowest BCUT2D eigenvalue weighted by molar-refractivity contribution is -0.122. The molecule has 1 atom stereocenters. The number of para-hydroxylation sites is 1. The third kappa shape index (κ3) is 5.51. The number of hydrogen-bond acceptors (Lipinski definition) is 6. The first-order chi connectivity index (χ1) is 13.2. The van der Waals surface area contributed by atoms with Crippen LogP contribution in [0, 0.1) is 5.82 Å². The van der Waals surface area contributed by atoms with Gasteiger partial charge in [0.05, 0.1) is 0 Å². The molecule has 0 radical (unpaired) electrons. The van der Waals surface area contributed by atoms with Gasteiger partial charge in [-0.25, -0.2) is 4.39 Å². The Balaban J connectivity index is 1.56. The Morgan fingerprint density at radius 2 is 1.93 bits per heavy atom. The first-order valence-electron chi connectivity index (χ1n) is 8.38. The molecule has 3 rings (SSSR count). The van der Waals surface area contributed by atoms with Crippen molar-refractivity contribution in [1.82, 2.24) is 10.2 Å². The average molecular weight is 404 g/mol. The van der Waals surface area contributed by atoms with Crippen molar-refractivity contribution in [3.8, 4) is 5.75 Å². The molecule has 0 fully saturated rings. The van der Waals surface area contributed by atoms with E-state index in [1.807, 2.05) is 30.3 Å². The van der Waals surface area contributed by atoms with Crippen LogP contribution in [0.1, 0.15) is 18.9 Å². The number of rotatable bonds is 8. The fourth-order valence-corrected chi connectivity index (χ4v) is 3.95. The van der Waals surface area contributed by atoms with E-state index >= 15 is 0 Å². The molecule has 1 heterocycles. The van der Waals surface area contributed by atoms with Gasteiger partial charge in [-0.05, 0) is 24.1 Å². The molecule has 0 spiro atoms. The zero-order valence-electron chi connectivity index (χ0n) is 14.6. The summed E-state index contributed by atoms with van der Waals surface area (Å²) in [7, 11) is 0. The average Bonchev–Trinajstić information content (AvgIpc) is 3.14. The van der Waals surface area contributed by atoms with Crippen LogP contribution in [0.4, 0.5) is 9.52 Å². The van der Waals surface area contributed by atoms with Gasteiger partial charge < -0.3 is 4.74 Å². The lowest BCUT2D eigenvalue weighted by Gasteiger charge is -2.16. The Morgan fingerprint density at radius 1 is 1.19 bits per heavy atom. The van der Waals surface area contributed by atoms with Crippen LogP contribution in [-0.2, 0) is 10.5 Å². The first-order valence-corrected chi connectivity index (χ1v) is 10.2. The summed E-state index contributed by atoms with van der Waals surface area (Å²) in [6.07, 6.45) is -0.416. The zero-order chi connectivity index (χ0) is 19.1. The highest BCUT2D eigenvalue weighted by Gasteiger charge is 2.21. The molecular formula is C19H18FN3O2S2. The number of carbonyl (C=O) groups excluding carboxylic acids is 1. The van der Waals surface area contributed by atoms with Crippen molar-refractivity contribution in [2.75, 3.05) is 5.32 Å². The second kappa shape index (κ2) is 9.48. The highest BCUT2D eigenvalue weighted by atomic mass is 32.2. The van der Waals surface area contributed by atoms with Gasteiger partial charge in [0, 0.05) is 5.75 Å². The molecule has 5 nitrogen and oxygen atoms in total. The molecule has 0 aliphatic heterocycles. The summed E-state index contributed by atoms with van der Waals surface area (Å²) in [6.45, 7) is 1.80. The molecule has 1 unspecified atom stereocenters. The number of amides is 1. The van der Waals surface area contributed by atoms with E-state index in [-0.39, 0.29) is 11.7 Å². The number of aromatic nitrogens is 2. The van der Waals surface area contributed by atoms with Crippen LogP contribution < -0.4 is 10.1 Å². The maximum absolute atomic E-state index is 13.7. The molecule has 0 aliphatic rings. The molecule has 140 valence electrons. The van der Waals surface area contributed by atoms with Crippen molar-refractivity contribution < 1.29 is 13.9 Å². The van der Waals surface area contributed by atoms with Gasteiger partial charge in [0.15, 0.2) is 22.0 Å². The SMILES string of the molecule is CCC(Oc1ccccc1F)C(=O)Nc1nnc(SCc2ccccc2)s1. The molecule has 27 heavy (non-hydrogen) atoms. The molecule has 0 saturated heterocycles. The van der Waals surface area contributed by atoms with Gasteiger partial charge in [0.1, 0.15) is 0 Å². The van der Waals surface area contributed by atoms with Crippen LogP contribution in [-0.4, -0.2) is 22.2 Å². The van der Waals surface area contributed by atoms with Crippen molar-refractivity contribution in [3.05, 3.63) is 66.0 Å². The molecule has 3 aromatic rings. The fourth-order valence-electron chi connectivity index (χ4n) is 2.24. The number of thioether (sulfide) groups is 1. The Hall–Kier alpha value is -2.45. The van der Waals surface area contributed by atoms with Gasteiger partial charge in [0.2, 0.25) is 5.13 Å². The molecule has 1 N–H and O–H groups in total. The third-order valence-corrected chi connectivity index (χ3v) is 5.65. The van der Waals surface area contributed by atoms with Gasteiger partial charge in [-0.2, -0.15) is 0 Å². The van der Waals surface area contributed by atoms with E-state index < -0.39 is 11.9 Å². The standard InChI is InChI=1S/C19H18FN3O2S2/c1-2-15(25-16-11-7-6-10-14(16)20)17(24)21-18-22-23-19(27-18)26-12-13-8-4-3-5-9-13/h3-11,15H,2,12H2,1H3,(H,21,22,24). The van der Waals surface area contributed by atoms with E-state index in [0.717, 1.165) is 10.1 Å². The fraction of sp³-hybridized carbons (Fsp3) is 0.211. The van der Waals surface area contributed by atoms with Crippen molar-refractivity contribution in [2.24, 2.45) is 0 Å². The number of anilines is 1. The summed E-state index contributed by atoms with van der Waals surface area (Å²) < 4.78 is 20.0. The van der Waals surface area contributed by atoms with Crippen LogP contribution in [0.3, 0.4) is 0 Å². The van der Waals surface area contributed by atoms with E-state index in [0.29, 0.717) is 11.6 Å². The Bertz CT molecular complexity index is 889. The Labute approximate surface area is 165 Å². The van der Waals surface area contributed by atoms with Crippen LogP contribution in [0.25, 0.3) is 0 Å². The predicted molar refractivity (Wildman–Crippen MR) is 106 cm³/mol. The molecule has 0 aliphatic carbocycles. The molecule has 1 aromatic heterocycles. The minimum atomic E-state index is -0.814. The van der Waals surface area contributed by atoms with Crippen molar-refractivity contribution in [1.29, 1.82) is 0 Å². The van der Waals surface area contributed by atoms with Crippen LogP contribution >= 0.6 is 23.1 Å². The van der Waals surface area contributed by atoms with E-state index in [2.05, 4.69) is 15.5 Å². The number of nitrogens with one attached hydrogen (secondary N) is 1. The summed E-state index contributed by atoms with van der Waals surface area (Å²) in [5.41, 5.74) is 1.19. The summed E-state index contributed by atoms with van der Waals surface area (Å²) >= 11 is 2.85. The maximum Gasteiger partial charge on any atom is 0.267 e. The molecule has 0 saturated carbocycles. The third-order valence-electron chi connectivity index (χ3n) is 3.61. The van der Waals surface area contributed by atoms with Gasteiger partial charge in [-0.15, -0.1) is 10.2 Å². The van der Waals surface area contributed by atoms with E-state index in [1.165, 1.54) is 29.0 Å². The van der Waals surface area contributed by atoms with E-state index in [1.54, 1.807) is 30.8 Å². The predicted octanol–water partition coefficient (Wildman–Crippen LogP) is 4.77. The van der Waals surface area contributed by atoms with Gasteiger partial charge in [0.25, 0.3) is 5.91 Å². The normalized spacial score (nSPS) is 11.8. The summed E-state index contributed by atoms with van der Waals surface area (Å²) in [5.74, 6) is -0.0520. The first kappa shape index (κ1) is 19.3. The highest BCUT2D eigenvalue weighted by molar-refractivity contribution is 8.00. The topological polar surface area (TPSA) is 64.1 Å². The lowest BCUT2D eigenvalue weighted by atomic mass is 10.2. The number of halogens is 1. The van der Waals surface area contributed by atoms with E-state index in [4.69, 9.17) is 4.74 Å². The van der Waals surface area contributed by atoms with Crippen LogP contribution in [0.15, 0.2) is 58.9 Å². The number of ether oxygens (including phenoxy) is 1. The number of nitrogens with zero attached hydrogens (tertiary/aromatic N) is 2. The second-order valence-corrected chi connectivity index (χ2v) is 7.78. The number of carbonyl (C=O) groups is 1. The quantitative estimate of drug-likeness (QED) is 0.434. The Kier molecular flexibility index (Phi) is 6.78. The van der Waals surface area contributed by atoms with Gasteiger partial charge in [-0.1, -0.05) is 72.5 Å². The minimum Gasteiger partial charge on any atom is -0.478 e. The lowest BCUT2D eigenvalue weighted by Crippen LogP contribution is -2.32. The second-order valence-electron chi connectivity index (χ2n) is 5.58. The molecular weight excluding hydrogens is 385 g/mol. The van der Waals surface area contributed by atoms with Crippen LogP contribution in [0.5, 0.6) is 5.75 Å². The van der Waals surface area contributed by atoms with Crippen molar-refractivity contribution >= 4 is 34.1 Å². The monoisotopic (exact) mass is 403 g/mol. The van der Waals surface area contributed by atoms with Crippen LogP contribution in [0.2, 0.25) is 0 Å². The van der Waals surface area contributed by atoms with Crippen molar-refractivity contribution in [3.63, 3.8) is 0 Å². The number of benzene rings is 2. The summed E-state index contributed by atoms with van der Waals surface area (Å²) in [5, 5.41) is 11.2. The summed E-state index contributed by atoms with van der Waals surface area (Å²) in [4.78, 5) is 12.4. The largest absolute Gasteiger partial charge is 0.478 e. The zero-order valence-corrected chi connectivity index (χ0v) is 16.2. The molecule has 8 heteroatoms. The molecule has 0 bridgehead atoms. The summed E-state index contributed by atoms with van der Waals surface area (Å²) in [6, 6.07) is 16.0. The highest BCUT2D eigenvalue weighted by Crippen LogP contribution is 2.28. The van der Waals surface area contributed by atoms with Crippen molar-refractivity contribution in [2.45, 2.75) is 29.5 Å². The van der Waals surface area contributed by atoms with Gasteiger partial charge >= 0.3 is 0 Å². The molecule has 2 aromatic carbocycles. The smallest absolute Gasteiger partial charge is 0.267 e. The van der Waals surface area contributed by atoms with Gasteiger partial charge in [-0.3, -0.25) is 10.1 Å². The number of hydrogen-bond donors (Lipinski definition) is 1. The molecule has 1 amide bonds.